The van der Waals surface area contributed by atoms with Gasteiger partial charge in [-0.3, -0.25) is 0 Å². The molecule has 0 saturated heterocycles. The standard InChI is InChI=1S/C13H21NO/c1-11(7-9-14)8-10-15-13-6-4-3-5-12(13)2/h3-6,11H,7-10,14H2,1-2H3. The highest BCUT2D eigenvalue weighted by Crippen LogP contribution is 2.17. The molecule has 15 heavy (non-hydrogen) atoms. The van der Waals surface area contributed by atoms with Crippen molar-refractivity contribution in [2.24, 2.45) is 11.7 Å². The van der Waals surface area contributed by atoms with E-state index in [1.165, 1.54) is 5.56 Å². The van der Waals surface area contributed by atoms with E-state index < -0.39 is 0 Å². The largest absolute Gasteiger partial charge is 0.493 e. The minimum Gasteiger partial charge on any atom is -0.493 e. The Balaban J connectivity index is 2.29. The molecule has 0 aliphatic carbocycles. The fraction of sp³-hybridized carbons (Fsp3) is 0.538. The van der Waals surface area contributed by atoms with E-state index in [0.29, 0.717) is 5.92 Å². The molecule has 1 aromatic carbocycles. The summed E-state index contributed by atoms with van der Waals surface area (Å²) >= 11 is 0. The number of benzene rings is 1. The van der Waals surface area contributed by atoms with Crippen LogP contribution in [0.4, 0.5) is 0 Å². The van der Waals surface area contributed by atoms with Crippen LogP contribution in [-0.2, 0) is 0 Å². The molecule has 1 atom stereocenters. The van der Waals surface area contributed by atoms with Gasteiger partial charge < -0.3 is 10.5 Å². The lowest BCUT2D eigenvalue weighted by Crippen LogP contribution is -2.09. The summed E-state index contributed by atoms with van der Waals surface area (Å²) in [5.41, 5.74) is 6.69. The average Bonchev–Trinajstić information content (AvgIpc) is 2.21. The first kappa shape index (κ1) is 12.1. The Kier molecular flexibility index (Phi) is 5.19. The summed E-state index contributed by atoms with van der Waals surface area (Å²) in [6.45, 7) is 5.84. The first-order chi connectivity index (χ1) is 7.24. The Morgan fingerprint density at radius 1 is 1.27 bits per heavy atom. The van der Waals surface area contributed by atoms with Gasteiger partial charge in [-0.1, -0.05) is 25.1 Å². The normalized spacial score (nSPS) is 12.5. The monoisotopic (exact) mass is 207 g/mol. The third-order valence-electron chi connectivity index (χ3n) is 2.62. The Morgan fingerprint density at radius 2 is 2.00 bits per heavy atom. The van der Waals surface area contributed by atoms with Gasteiger partial charge in [0.25, 0.3) is 0 Å². The number of hydrogen-bond donors (Lipinski definition) is 1. The molecule has 0 amide bonds. The molecule has 0 radical (unpaired) electrons. The maximum Gasteiger partial charge on any atom is 0.122 e. The molecule has 1 rings (SSSR count). The molecule has 0 fully saturated rings. The number of ether oxygens (including phenoxy) is 1. The van der Waals surface area contributed by atoms with Crippen molar-refractivity contribution in [1.82, 2.24) is 0 Å². The molecule has 0 aliphatic heterocycles. The van der Waals surface area contributed by atoms with E-state index in [1.54, 1.807) is 0 Å². The fourth-order valence-electron chi connectivity index (χ4n) is 1.52. The summed E-state index contributed by atoms with van der Waals surface area (Å²) in [6.07, 6.45) is 2.16. The first-order valence-electron chi connectivity index (χ1n) is 5.62. The van der Waals surface area contributed by atoms with Crippen molar-refractivity contribution in [2.75, 3.05) is 13.2 Å². The van der Waals surface area contributed by atoms with Crippen molar-refractivity contribution in [2.45, 2.75) is 26.7 Å². The lowest BCUT2D eigenvalue weighted by molar-refractivity contribution is 0.278. The second kappa shape index (κ2) is 6.46. The third kappa shape index (κ3) is 4.34. The third-order valence-corrected chi connectivity index (χ3v) is 2.62. The van der Waals surface area contributed by atoms with E-state index in [1.807, 2.05) is 18.2 Å². The van der Waals surface area contributed by atoms with Gasteiger partial charge in [-0.25, -0.2) is 0 Å². The Morgan fingerprint density at radius 3 is 2.67 bits per heavy atom. The van der Waals surface area contributed by atoms with Crippen LogP contribution in [-0.4, -0.2) is 13.2 Å². The van der Waals surface area contributed by atoms with Crippen molar-refractivity contribution in [3.05, 3.63) is 29.8 Å². The number of para-hydroxylation sites is 1. The van der Waals surface area contributed by atoms with E-state index in [0.717, 1.165) is 31.7 Å². The summed E-state index contributed by atoms with van der Waals surface area (Å²) < 4.78 is 5.71. The predicted molar refractivity (Wildman–Crippen MR) is 64.1 cm³/mol. The van der Waals surface area contributed by atoms with Gasteiger partial charge in [0.15, 0.2) is 0 Å². The molecular formula is C13H21NO. The van der Waals surface area contributed by atoms with Crippen molar-refractivity contribution in [1.29, 1.82) is 0 Å². The SMILES string of the molecule is Cc1ccccc1OCCC(C)CCN. The average molecular weight is 207 g/mol. The highest BCUT2D eigenvalue weighted by atomic mass is 16.5. The highest BCUT2D eigenvalue weighted by molar-refractivity contribution is 5.31. The van der Waals surface area contributed by atoms with Gasteiger partial charge in [-0.05, 0) is 43.9 Å². The molecule has 0 bridgehead atoms. The number of rotatable bonds is 6. The van der Waals surface area contributed by atoms with E-state index in [9.17, 15) is 0 Å². The van der Waals surface area contributed by atoms with Crippen molar-refractivity contribution in [3.8, 4) is 5.75 Å². The molecule has 0 spiro atoms. The molecule has 2 N–H and O–H groups in total. The summed E-state index contributed by atoms with van der Waals surface area (Å²) in [4.78, 5) is 0. The molecular weight excluding hydrogens is 186 g/mol. The smallest absolute Gasteiger partial charge is 0.122 e. The second-order valence-corrected chi connectivity index (χ2v) is 4.09. The Bertz CT molecular complexity index is 286. The summed E-state index contributed by atoms with van der Waals surface area (Å²) in [5, 5.41) is 0. The van der Waals surface area contributed by atoms with Crippen LogP contribution in [0.3, 0.4) is 0 Å². The molecule has 2 heteroatoms. The number of hydrogen-bond acceptors (Lipinski definition) is 2. The molecule has 0 aromatic heterocycles. The van der Waals surface area contributed by atoms with Crippen LogP contribution in [0, 0.1) is 12.8 Å². The lowest BCUT2D eigenvalue weighted by Gasteiger charge is -2.12. The lowest BCUT2D eigenvalue weighted by atomic mass is 10.1. The van der Waals surface area contributed by atoms with E-state index in [-0.39, 0.29) is 0 Å². The van der Waals surface area contributed by atoms with Crippen LogP contribution < -0.4 is 10.5 Å². The quantitative estimate of drug-likeness (QED) is 0.778. The number of aryl methyl sites for hydroxylation is 1. The van der Waals surface area contributed by atoms with Crippen LogP contribution in [0.1, 0.15) is 25.3 Å². The second-order valence-electron chi connectivity index (χ2n) is 4.09. The summed E-state index contributed by atoms with van der Waals surface area (Å²) in [6, 6.07) is 8.12. The van der Waals surface area contributed by atoms with Gasteiger partial charge in [0, 0.05) is 0 Å². The van der Waals surface area contributed by atoms with Crippen molar-refractivity contribution in [3.63, 3.8) is 0 Å². The zero-order valence-corrected chi connectivity index (χ0v) is 9.70. The van der Waals surface area contributed by atoms with Gasteiger partial charge in [0.2, 0.25) is 0 Å². The Hall–Kier alpha value is -1.02. The van der Waals surface area contributed by atoms with Crippen molar-refractivity contribution < 1.29 is 4.74 Å². The van der Waals surface area contributed by atoms with Crippen LogP contribution in [0.2, 0.25) is 0 Å². The van der Waals surface area contributed by atoms with Gasteiger partial charge in [0.05, 0.1) is 6.61 Å². The highest BCUT2D eigenvalue weighted by Gasteiger charge is 2.02. The van der Waals surface area contributed by atoms with Gasteiger partial charge in [0.1, 0.15) is 5.75 Å². The maximum absolute atomic E-state index is 5.71. The van der Waals surface area contributed by atoms with Crippen LogP contribution >= 0.6 is 0 Å². The topological polar surface area (TPSA) is 35.2 Å². The van der Waals surface area contributed by atoms with Crippen LogP contribution in [0.25, 0.3) is 0 Å². The fourth-order valence-corrected chi connectivity index (χ4v) is 1.52. The zero-order chi connectivity index (χ0) is 11.1. The van der Waals surface area contributed by atoms with Crippen LogP contribution in [0.15, 0.2) is 24.3 Å². The first-order valence-corrected chi connectivity index (χ1v) is 5.62. The van der Waals surface area contributed by atoms with E-state index >= 15 is 0 Å². The molecule has 2 nitrogen and oxygen atoms in total. The Labute approximate surface area is 92.4 Å². The van der Waals surface area contributed by atoms with Gasteiger partial charge in [-0.2, -0.15) is 0 Å². The summed E-state index contributed by atoms with van der Waals surface area (Å²) in [5.74, 6) is 1.65. The van der Waals surface area contributed by atoms with Gasteiger partial charge in [-0.15, -0.1) is 0 Å². The molecule has 1 unspecified atom stereocenters. The maximum atomic E-state index is 5.71. The molecule has 0 aliphatic rings. The predicted octanol–water partition coefficient (Wildman–Crippen LogP) is 2.75. The number of nitrogens with two attached hydrogens (primary N) is 1. The molecule has 1 aromatic rings. The zero-order valence-electron chi connectivity index (χ0n) is 9.70. The van der Waals surface area contributed by atoms with Crippen molar-refractivity contribution >= 4 is 0 Å². The molecule has 84 valence electrons. The van der Waals surface area contributed by atoms with Gasteiger partial charge >= 0.3 is 0 Å². The minimum absolute atomic E-state index is 0.652. The van der Waals surface area contributed by atoms with E-state index in [4.69, 9.17) is 10.5 Å². The summed E-state index contributed by atoms with van der Waals surface area (Å²) in [7, 11) is 0. The van der Waals surface area contributed by atoms with E-state index in [2.05, 4.69) is 19.9 Å². The molecule has 0 saturated carbocycles. The van der Waals surface area contributed by atoms with Crippen LogP contribution in [0.5, 0.6) is 5.75 Å². The minimum atomic E-state index is 0.652. The molecule has 0 heterocycles.